The maximum atomic E-state index is 11.5. The first-order valence-electron chi connectivity index (χ1n) is 5.53. The van der Waals surface area contributed by atoms with E-state index >= 15 is 0 Å². The largest absolute Gasteiger partial charge is 0.460 e. The minimum absolute atomic E-state index is 0.0792. The molecule has 0 aromatic carbocycles. The molecule has 1 aliphatic rings. The molecule has 1 saturated heterocycles. The highest BCUT2D eigenvalue weighted by Gasteiger charge is 2.29. The second-order valence-corrected chi connectivity index (χ2v) is 5.16. The van der Waals surface area contributed by atoms with Crippen LogP contribution < -0.4 is 10.6 Å². The first-order chi connectivity index (χ1) is 7.28. The Morgan fingerprint density at radius 3 is 2.62 bits per heavy atom. The summed E-state index contributed by atoms with van der Waals surface area (Å²) in [5.74, 6) is -0.487. The fraction of sp³-hybridized carbons (Fsp3) is 0.818. The second-order valence-electron chi connectivity index (χ2n) is 5.16. The van der Waals surface area contributed by atoms with Gasteiger partial charge in [0.25, 0.3) is 0 Å². The molecule has 92 valence electrons. The molecule has 5 nitrogen and oxygen atoms in total. The van der Waals surface area contributed by atoms with E-state index in [2.05, 4.69) is 10.6 Å². The molecule has 2 unspecified atom stereocenters. The maximum Gasteiger partial charge on any atom is 0.308 e. The summed E-state index contributed by atoms with van der Waals surface area (Å²) in [6.45, 7) is 8.01. The zero-order chi connectivity index (χ0) is 12.3. The molecule has 0 aromatic rings. The van der Waals surface area contributed by atoms with Crippen molar-refractivity contribution in [2.75, 3.05) is 6.54 Å². The highest BCUT2D eigenvalue weighted by Crippen LogP contribution is 2.10. The number of piperazine rings is 1. The van der Waals surface area contributed by atoms with Crippen LogP contribution in [-0.4, -0.2) is 36.1 Å². The molecule has 0 aliphatic carbocycles. The van der Waals surface area contributed by atoms with Gasteiger partial charge in [0.2, 0.25) is 5.91 Å². The summed E-state index contributed by atoms with van der Waals surface area (Å²) in [4.78, 5) is 23.0. The molecule has 0 aromatic heterocycles. The number of amides is 1. The Labute approximate surface area is 95.9 Å². The second kappa shape index (κ2) is 4.82. The SMILES string of the molecule is CC1CNC(CC(=O)OC(C)(C)C)C(=O)N1. The van der Waals surface area contributed by atoms with Crippen molar-refractivity contribution in [2.24, 2.45) is 0 Å². The fourth-order valence-electron chi connectivity index (χ4n) is 1.52. The summed E-state index contributed by atoms with van der Waals surface area (Å²) < 4.78 is 5.16. The Hall–Kier alpha value is -1.10. The van der Waals surface area contributed by atoms with Crippen LogP contribution in [0.5, 0.6) is 0 Å². The summed E-state index contributed by atoms with van der Waals surface area (Å²) in [6.07, 6.45) is 0.0792. The molecule has 0 bridgehead atoms. The van der Waals surface area contributed by atoms with Gasteiger partial charge < -0.3 is 15.4 Å². The van der Waals surface area contributed by atoms with Gasteiger partial charge in [-0.15, -0.1) is 0 Å². The van der Waals surface area contributed by atoms with E-state index < -0.39 is 11.6 Å². The van der Waals surface area contributed by atoms with Crippen molar-refractivity contribution >= 4 is 11.9 Å². The number of rotatable bonds is 2. The van der Waals surface area contributed by atoms with Gasteiger partial charge in [0, 0.05) is 12.6 Å². The van der Waals surface area contributed by atoms with Crippen LogP contribution in [0.4, 0.5) is 0 Å². The molecule has 1 heterocycles. The number of ether oxygens (including phenoxy) is 1. The molecule has 1 rings (SSSR count). The lowest BCUT2D eigenvalue weighted by atomic mass is 10.1. The topological polar surface area (TPSA) is 67.4 Å². The Morgan fingerprint density at radius 2 is 2.12 bits per heavy atom. The monoisotopic (exact) mass is 228 g/mol. The van der Waals surface area contributed by atoms with Crippen molar-refractivity contribution in [3.63, 3.8) is 0 Å². The molecule has 0 radical (unpaired) electrons. The third kappa shape index (κ3) is 4.18. The first-order valence-corrected chi connectivity index (χ1v) is 5.53. The zero-order valence-electron chi connectivity index (χ0n) is 10.3. The normalized spacial score (nSPS) is 26.1. The minimum atomic E-state index is -0.504. The average molecular weight is 228 g/mol. The summed E-state index contributed by atoms with van der Waals surface area (Å²) in [5, 5.41) is 5.81. The minimum Gasteiger partial charge on any atom is -0.460 e. The third-order valence-corrected chi connectivity index (χ3v) is 2.17. The van der Waals surface area contributed by atoms with Crippen molar-refractivity contribution < 1.29 is 14.3 Å². The van der Waals surface area contributed by atoms with Gasteiger partial charge in [0.1, 0.15) is 5.60 Å². The molecule has 1 amide bonds. The van der Waals surface area contributed by atoms with Gasteiger partial charge in [0.15, 0.2) is 0 Å². The Balaban J connectivity index is 2.43. The van der Waals surface area contributed by atoms with Gasteiger partial charge in [-0.05, 0) is 27.7 Å². The molecule has 16 heavy (non-hydrogen) atoms. The molecule has 2 atom stereocenters. The molecule has 1 aliphatic heterocycles. The zero-order valence-corrected chi connectivity index (χ0v) is 10.3. The van der Waals surface area contributed by atoms with Crippen LogP contribution in [-0.2, 0) is 14.3 Å². The standard InChI is InChI=1S/C11H20N2O3/c1-7-6-12-8(10(15)13-7)5-9(14)16-11(2,3)4/h7-8,12H,5-6H2,1-4H3,(H,13,15). The molecular weight excluding hydrogens is 208 g/mol. The Morgan fingerprint density at radius 1 is 1.50 bits per heavy atom. The van der Waals surface area contributed by atoms with E-state index in [0.717, 1.165) is 0 Å². The highest BCUT2D eigenvalue weighted by molar-refractivity contribution is 5.87. The van der Waals surface area contributed by atoms with Gasteiger partial charge in [-0.2, -0.15) is 0 Å². The summed E-state index contributed by atoms with van der Waals surface area (Å²) in [6, 6.07) is -0.353. The lowest BCUT2D eigenvalue weighted by molar-refractivity contribution is -0.156. The van der Waals surface area contributed by atoms with E-state index in [0.29, 0.717) is 6.54 Å². The lowest BCUT2D eigenvalue weighted by Crippen LogP contribution is -2.57. The summed E-state index contributed by atoms with van der Waals surface area (Å²) in [7, 11) is 0. The predicted molar refractivity (Wildman–Crippen MR) is 59.9 cm³/mol. The molecule has 0 saturated carbocycles. The van der Waals surface area contributed by atoms with E-state index in [-0.39, 0.29) is 24.3 Å². The highest BCUT2D eigenvalue weighted by atomic mass is 16.6. The van der Waals surface area contributed by atoms with E-state index in [1.165, 1.54) is 0 Å². The van der Waals surface area contributed by atoms with E-state index in [1.807, 2.05) is 6.92 Å². The van der Waals surface area contributed by atoms with Crippen molar-refractivity contribution in [2.45, 2.75) is 51.8 Å². The van der Waals surface area contributed by atoms with Crippen LogP contribution in [0.2, 0.25) is 0 Å². The number of hydrogen-bond acceptors (Lipinski definition) is 4. The van der Waals surface area contributed by atoms with Crippen LogP contribution in [0.25, 0.3) is 0 Å². The Bertz CT molecular complexity index is 283. The van der Waals surface area contributed by atoms with Crippen LogP contribution >= 0.6 is 0 Å². The number of carbonyl (C=O) groups is 2. The van der Waals surface area contributed by atoms with Crippen LogP contribution in [0.3, 0.4) is 0 Å². The smallest absolute Gasteiger partial charge is 0.308 e. The average Bonchev–Trinajstić information content (AvgIpc) is 2.06. The van der Waals surface area contributed by atoms with Gasteiger partial charge >= 0.3 is 5.97 Å². The van der Waals surface area contributed by atoms with Crippen LogP contribution in [0, 0.1) is 0 Å². The van der Waals surface area contributed by atoms with Gasteiger partial charge in [-0.1, -0.05) is 0 Å². The fourth-order valence-corrected chi connectivity index (χ4v) is 1.52. The van der Waals surface area contributed by atoms with Gasteiger partial charge in [-0.3, -0.25) is 9.59 Å². The van der Waals surface area contributed by atoms with Crippen molar-refractivity contribution in [3.8, 4) is 0 Å². The third-order valence-electron chi connectivity index (χ3n) is 2.17. The van der Waals surface area contributed by atoms with Crippen molar-refractivity contribution in [1.29, 1.82) is 0 Å². The number of carbonyl (C=O) groups excluding carboxylic acids is 2. The van der Waals surface area contributed by atoms with Gasteiger partial charge in [-0.25, -0.2) is 0 Å². The molecular formula is C11H20N2O3. The summed E-state index contributed by atoms with van der Waals surface area (Å²) in [5.41, 5.74) is -0.504. The van der Waals surface area contributed by atoms with E-state index in [4.69, 9.17) is 4.74 Å². The number of nitrogens with one attached hydrogen (secondary N) is 2. The molecule has 5 heteroatoms. The van der Waals surface area contributed by atoms with Crippen LogP contribution in [0.15, 0.2) is 0 Å². The molecule has 1 fully saturated rings. The first kappa shape index (κ1) is 13.0. The van der Waals surface area contributed by atoms with Crippen LogP contribution in [0.1, 0.15) is 34.1 Å². The molecule has 2 N–H and O–H groups in total. The number of hydrogen-bond donors (Lipinski definition) is 2. The van der Waals surface area contributed by atoms with Crippen molar-refractivity contribution in [3.05, 3.63) is 0 Å². The molecule has 0 spiro atoms. The Kier molecular flexibility index (Phi) is 3.91. The quantitative estimate of drug-likeness (QED) is 0.662. The lowest BCUT2D eigenvalue weighted by Gasteiger charge is -2.28. The van der Waals surface area contributed by atoms with Gasteiger partial charge in [0.05, 0.1) is 12.5 Å². The van der Waals surface area contributed by atoms with E-state index in [9.17, 15) is 9.59 Å². The predicted octanol–water partition coefficient (Wildman–Crippen LogP) is 0.195. The summed E-state index contributed by atoms with van der Waals surface area (Å²) >= 11 is 0. The van der Waals surface area contributed by atoms with E-state index in [1.54, 1.807) is 20.8 Å². The maximum absolute atomic E-state index is 11.5. The van der Waals surface area contributed by atoms with Crippen molar-refractivity contribution in [1.82, 2.24) is 10.6 Å². The number of esters is 1.